The number of amides is 4. The maximum Gasteiger partial charge on any atom is 0.241 e. The molecule has 1 N–H and O–H groups in total. The number of aromatic hydroxyl groups is 1. The number of benzene rings is 3. The molecule has 0 radical (unpaired) electrons. The van der Waals surface area contributed by atoms with Crippen molar-refractivity contribution in [2.24, 2.45) is 29.1 Å². The van der Waals surface area contributed by atoms with Crippen LogP contribution >= 0.6 is 23.2 Å². The van der Waals surface area contributed by atoms with Crippen LogP contribution in [0, 0.1) is 34.9 Å². The number of fused-ring (bicyclic) bond motifs is 4. The van der Waals surface area contributed by atoms with Gasteiger partial charge in [-0.1, -0.05) is 40.9 Å². The van der Waals surface area contributed by atoms with Crippen molar-refractivity contribution in [3.05, 3.63) is 93.7 Å². The highest BCUT2D eigenvalue weighted by Crippen LogP contribution is 2.64. The third-order valence-corrected chi connectivity index (χ3v) is 10.7. The highest BCUT2D eigenvalue weighted by Gasteiger charge is 2.67. The van der Waals surface area contributed by atoms with Gasteiger partial charge < -0.3 is 9.84 Å². The molecule has 2 aliphatic carbocycles. The van der Waals surface area contributed by atoms with Crippen LogP contribution in [0.2, 0.25) is 10.0 Å². The second-order valence-corrected chi connectivity index (χ2v) is 13.3. The van der Waals surface area contributed by atoms with Crippen LogP contribution in [0.1, 0.15) is 38.2 Å². The van der Waals surface area contributed by atoms with Gasteiger partial charge in [0.05, 0.1) is 46.2 Å². The minimum Gasteiger partial charge on any atom is -0.504 e. The number of carbonyl (C=O) groups is 4. The minimum atomic E-state index is -1.32. The Morgan fingerprint density at radius 2 is 1.63 bits per heavy atom. The Morgan fingerprint density at radius 1 is 0.913 bits per heavy atom. The Labute approximate surface area is 274 Å². The van der Waals surface area contributed by atoms with E-state index in [1.165, 1.54) is 23.1 Å². The summed E-state index contributed by atoms with van der Waals surface area (Å²) >= 11 is 12.1. The molecule has 8 nitrogen and oxygen atoms in total. The Kier molecular flexibility index (Phi) is 7.25. The summed E-state index contributed by atoms with van der Waals surface area (Å²) in [4.78, 5) is 59.0. The SMILES string of the molecule is CCOc1cc(C2C3=CCC4C(=O)N(c5ccc(Cl)cc5)C(=O)C4C3CC3C(=O)N(c4ccc(F)c(Cl)c4)C(=O)C32C)ccc1O. The van der Waals surface area contributed by atoms with Gasteiger partial charge in [-0.3, -0.25) is 24.1 Å². The molecule has 2 aliphatic heterocycles. The predicted molar refractivity (Wildman–Crippen MR) is 169 cm³/mol. The van der Waals surface area contributed by atoms with Gasteiger partial charge in [0.2, 0.25) is 23.6 Å². The summed E-state index contributed by atoms with van der Waals surface area (Å²) in [5.74, 6) is -5.73. The van der Waals surface area contributed by atoms with Crippen molar-refractivity contribution >= 4 is 58.2 Å². The zero-order valence-electron chi connectivity index (χ0n) is 24.9. The van der Waals surface area contributed by atoms with Crippen LogP contribution in [0.3, 0.4) is 0 Å². The lowest BCUT2D eigenvalue weighted by atomic mass is 9.51. The number of hydrogen-bond donors (Lipinski definition) is 1. The Hall–Kier alpha value is -4.21. The molecule has 4 amide bonds. The van der Waals surface area contributed by atoms with E-state index in [4.69, 9.17) is 27.9 Å². The average molecular weight is 664 g/mol. The number of phenolic OH excluding ortho intramolecular Hbond substituents is 1. The first-order valence-electron chi connectivity index (χ1n) is 15.1. The van der Waals surface area contributed by atoms with Gasteiger partial charge in [0.15, 0.2) is 11.5 Å². The van der Waals surface area contributed by atoms with Gasteiger partial charge in [-0.2, -0.15) is 0 Å². The molecule has 2 heterocycles. The first kappa shape index (κ1) is 30.4. The summed E-state index contributed by atoms with van der Waals surface area (Å²) < 4.78 is 19.8. The molecule has 0 spiro atoms. The fourth-order valence-electron chi connectivity index (χ4n) is 8.09. The molecule has 6 unspecified atom stereocenters. The van der Waals surface area contributed by atoms with Gasteiger partial charge in [0.25, 0.3) is 0 Å². The molecule has 236 valence electrons. The summed E-state index contributed by atoms with van der Waals surface area (Å²) in [6, 6.07) is 15.0. The van der Waals surface area contributed by atoms with E-state index < -0.39 is 52.6 Å². The fourth-order valence-corrected chi connectivity index (χ4v) is 8.39. The monoisotopic (exact) mass is 662 g/mol. The molecular formula is C35H29Cl2FN2O6. The lowest BCUT2D eigenvalue weighted by molar-refractivity contribution is -0.131. The number of phenols is 1. The van der Waals surface area contributed by atoms with Crippen LogP contribution < -0.4 is 14.5 Å². The zero-order valence-corrected chi connectivity index (χ0v) is 26.4. The molecule has 0 aromatic heterocycles. The lowest BCUT2D eigenvalue weighted by Gasteiger charge is -2.49. The van der Waals surface area contributed by atoms with E-state index in [9.17, 15) is 28.7 Å². The third kappa shape index (κ3) is 4.32. The van der Waals surface area contributed by atoms with Crippen LogP contribution in [0.25, 0.3) is 0 Å². The van der Waals surface area contributed by atoms with Crippen molar-refractivity contribution in [3.63, 3.8) is 0 Å². The molecule has 3 aromatic rings. The number of ether oxygens (including phenoxy) is 1. The number of carbonyl (C=O) groups excluding carboxylic acids is 4. The van der Waals surface area contributed by atoms with Gasteiger partial charge in [-0.25, -0.2) is 9.29 Å². The van der Waals surface area contributed by atoms with Gasteiger partial charge in [0.1, 0.15) is 5.82 Å². The van der Waals surface area contributed by atoms with Crippen LogP contribution in [0.4, 0.5) is 15.8 Å². The molecule has 4 aliphatic rings. The van der Waals surface area contributed by atoms with Crippen LogP contribution in [-0.4, -0.2) is 35.3 Å². The molecule has 1 saturated carbocycles. The minimum absolute atomic E-state index is 0.0797. The van der Waals surface area contributed by atoms with Crippen molar-refractivity contribution < 1.29 is 33.4 Å². The van der Waals surface area contributed by atoms with Crippen molar-refractivity contribution in [1.82, 2.24) is 0 Å². The maximum absolute atomic E-state index is 14.5. The highest BCUT2D eigenvalue weighted by molar-refractivity contribution is 6.32. The molecule has 6 atom stereocenters. The van der Waals surface area contributed by atoms with E-state index in [0.29, 0.717) is 16.3 Å². The van der Waals surface area contributed by atoms with Crippen molar-refractivity contribution in [2.75, 3.05) is 16.4 Å². The quantitative estimate of drug-likeness (QED) is 0.242. The van der Waals surface area contributed by atoms with Gasteiger partial charge >= 0.3 is 0 Å². The van der Waals surface area contributed by atoms with E-state index >= 15 is 0 Å². The molecule has 2 saturated heterocycles. The number of allylic oxidation sites excluding steroid dienone is 2. The van der Waals surface area contributed by atoms with E-state index in [1.54, 1.807) is 50.2 Å². The first-order valence-corrected chi connectivity index (χ1v) is 15.8. The van der Waals surface area contributed by atoms with E-state index in [0.717, 1.165) is 16.5 Å². The highest BCUT2D eigenvalue weighted by atomic mass is 35.5. The van der Waals surface area contributed by atoms with Crippen LogP contribution in [-0.2, 0) is 19.2 Å². The van der Waals surface area contributed by atoms with Crippen LogP contribution in [0.5, 0.6) is 11.5 Å². The number of rotatable bonds is 5. The van der Waals surface area contributed by atoms with Crippen molar-refractivity contribution in [3.8, 4) is 11.5 Å². The molecule has 3 aromatic carbocycles. The summed E-state index contributed by atoms with van der Waals surface area (Å²) in [6.45, 7) is 3.81. The standard InChI is InChI=1S/C35H29Cl2FN2O6/c1-3-46-28-14-17(4-13-27(28)41)30-21-10-11-22-29(33(44)39(31(22)42)19-7-5-18(36)6-8-19)23(21)16-24-32(43)40(34(45)35(24,30)2)20-9-12-26(38)25(37)15-20/h4-10,12-15,22-24,29-30,41H,3,11,16H2,1-2H3. The number of hydrogen-bond acceptors (Lipinski definition) is 6. The number of halogens is 3. The summed E-state index contributed by atoms with van der Waals surface area (Å²) in [5, 5.41) is 10.8. The predicted octanol–water partition coefficient (Wildman–Crippen LogP) is 6.67. The van der Waals surface area contributed by atoms with E-state index in [2.05, 4.69) is 0 Å². The molecule has 46 heavy (non-hydrogen) atoms. The molecular weight excluding hydrogens is 634 g/mol. The molecule has 11 heteroatoms. The summed E-state index contributed by atoms with van der Waals surface area (Å²) in [6.07, 6.45) is 2.37. The smallest absolute Gasteiger partial charge is 0.241 e. The van der Waals surface area contributed by atoms with Crippen molar-refractivity contribution in [2.45, 2.75) is 32.6 Å². The largest absolute Gasteiger partial charge is 0.504 e. The second-order valence-electron chi connectivity index (χ2n) is 12.4. The third-order valence-electron chi connectivity index (χ3n) is 10.1. The van der Waals surface area contributed by atoms with Gasteiger partial charge in [0, 0.05) is 10.9 Å². The maximum atomic E-state index is 14.5. The Balaban J connectivity index is 1.37. The zero-order chi connectivity index (χ0) is 32.7. The molecule has 3 fully saturated rings. The van der Waals surface area contributed by atoms with Crippen LogP contribution in [0.15, 0.2) is 72.3 Å². The number of imide groups is 2. The Bertz CT molecular complexity index is 1860. The number of anilines is 2. The Morgan fingerprint density at radius 3 is 2.33 bits per heavy atom. The second kappa shape index (κ2) is 11.0. The molecule has 7 rings (SSSR count). The van der Waals surface area contributed by atoms with Crippen molar-refractivity contribution in [1.29, 1.82) is 0 Å². The lowest BCUT2D eigenvalue weighted by Crippen LogP contribution is -2.48. The average Bonchev–Trinajstić information content (AvgIpc) is 3.40. The number of nitrogens with zero attached hydrogens (tertiary/aromatic N) is 2. The normalized spacial score (nSPS) is 28.6. The van der Waals surface area contributed by atoms with Gasteiger partial charge in [-0.15, -0.1) is 0 Å². The topological polar surface area (TPSA) is 104 Å². The summed E-state index contributed by atoms with van der Waals surface area (Å²) in [5.41, 5.74) is 0.642. The molecule has 0 bridgehead atoms. The first-order chi connectivity index (χ1) is 22.0. The fraction of sp³-hybridized carbons (Fsp3) is 0.314. The van der Waals surface area contributed by atoms with E-state index in [1.807, 2.05) is 6.08 Å². The van der Waals surface area contributed by atoms with E-state index in [-0.39, 0.29) is 53.5 Å². The summed E-state index contributed by atoms with van der Waals surface area (Å²) in [7, 11) is 0. The van der Waals surface area contributed by atoms with Gasteiger partial charge in [-0.05, 0) is 92.8 Å².